The number of aromatic amines is 1. The number of nitrogens with zero attached hydrogens (tertiary/aromatic N) is 2. The Labute approximate surface area is 123 Å². The lowest BCUT2D eigenvalue weighted by Gasteiger charge is -2.32. The maximum absolute atomic E-state index is 5.17. The van der Waals surface area contributed by atoms with E-state index in [1.54, 1.807) is 6.26 Å². The van der Waals surface area contributed by atoms with Crippen LogP contribution in [0.15, 0.2) is 47.5 Å². The Kier molecular flexibility index (Phi) is 3.24. The van der Waals surface area contributed by atoms with Gasteiger partial charge in [0.2, 0.25) is 0 Å². The number of piperidine rings is 1. The molecule has 1 saturated heterocycles. The number of nitrogens with one attached hydrogen (secondary N) is 1. The van der Waals surface area contributed by atoms with Crippen LogP contribution in [0.25, 0.3) is 10.9 Å². The molecule has 1 fully saturated rings. The van der Waals surface area contributed by atoms with Crippen molar-refractivity contribution in [1.29, 1.82) is 0 Å². The molecule has 108 valence electrons. The lowest BCUT2D eigenvalue weighted by molar-refractivity contribution is 0.198. The van der Waals surface area contributed by atoms with E-state index in [0.717, 1.165) is 19.6 Å². The summed E-state index contributed by atoms with van der Waals surface area (Å²) in [7, 11) is 0. The predicted octanol–water partition coefficient (Wildman–Crippen LogP) is 3.54. The van der Waals surface area contributed by atoms with Gasteiger partial charge in [-0.05, 0) is 37.6 Å². The van der Waals surface area contributed by atoms with Crippen molar-refractivity contribution in [2.24, 2.45) is 0 Å². The number of hydrogen-bond acceptors (Lipinski definition) is 3. The first kappa shape index (κ1) is 12.7. The van der Waals surface area contributed by atoms with Gasteiger partial charge in [0.05, 0.1) is 23.7 Å². The van der Waals surface area contributed by atoms with Crippen molar-refractivity contribution in [2.75, 3.05) is 13.1 Å². The second-order valence-corrected chi connectivity index (χ2v) is 5.84. The summed E-state index contributed by atoms with van der Waals surface area (Å²) in [6, 6.07) is 6.24. The molecule has 1 unspecified atom stereocenters. The highest BCUT2D eigenvalue weighted by Gasteiger charge is 2.24. The van der Waals surface area contributed by atoms with Crippen molar-refractivity contribution in [3.63, 3.8) is 0 Å². The van der Waals surface area contributed by atoms with Crippen LogP contribution in [0.3, 0.4) is 0 Å². The molecule has 1 atom stereocenters. The molecular weight excluding hydrogens is 262 g/mol. The van der Waals surface area contributed by atoms with E-state index < -0.39 is 0 Å². The molecular formula is C17H19N3O. The van der Waals surface area contributed by atoms with Gasteiger partial charge < -0.3 is 9.40 Å². The van der Waals surface area contributed by atoms with Gasteiger partial charge in [0.1, 0.15) is 0 Å². The summed E-state index contributed by atoms with van der Waals surface area (Å²) >= 11 is 0. The number of furan rings is 1. The predicted molar refractivity (Wildman–Crippen MR) is 82.1 cm³/mol. The summed E-state index contributed by atoms with van der Waals surface area (Å²) in [6.07, 6.45) is 9.96. The summed E-state index contributed by atoms with van der Waals surface area (Å²) in [4.78, 5) is 10.5. The highest BCUT2D eigenvalue weighted by atomic mass is 16.3. The minimum absolute atomic E-state index is 0.507. The van der Waals surface area contributed by atoms with Gasteiger partial charge in [-0.1, -0.05) is 0 Å². The zero-order valence-corrected chi connectivity index (χ0v) is 12.0. The number of H-pyrrole nitrogens is 1. The SMILES string of the molecule is c1cc2cc[nH]c2c(C2CCCN(Cc3ccoc3)C2)n1. The molecule has 4 heterocycles. The van der Waals surface area contributed by atoms with Crippen LogP contribution in [0.2, 0.25) is 0 Å². The smallest absolute Gasteiger partial charge is 0.0947 e. The van der Waals surface area contributed by atoms with Crippen molar-refractivity contribution in [1.82, 2.24) is 14.9 Å². The van der Waals surface area contributed by atoms with Crippen LogP contribution in [-0.4, -0.2) is 28.0 Å². The molecule has 3 aromatic rings. The highest BCUT2D eigenvalue weighted by molar-refractivity contribution is 5.81. The van der Waals surface area contributed by atoms with Gasteiger partial charge in [-0.15, -0.1) is 0 Å². The van der Waals surface area contributed by atoms with Crippen molar-refractivity contribution >= 4 is 10.9 Å². The van der Waals surface area contributed by atoms with Crippen LogP contribution < -0.4 is 0 Å². The minimum atomic E-state index is 0.507. The van der Waals surface area contributed by atoms with E-state index in [-0.39, 0.29) is 0 Å². The monoisotopic (exact) mass is 281 g/mol. The number of hydrogen-bond donors (Lipinski definition) is 1. The van der Waals surface area contributed by atoms with E-state index in [0.29, 0.717) is 5.92 Å². The molecule has 0 spiro atoms. The van der Waals surface area contributed by atoms with E-state index >= 15 is 0 Å². The molecule has 1 N–H and O–H groups in total. The zero-order chi connectivity index (χ0) is 14.1. The lowest BCUT2D eigenvalue weighted by atomic mass is 9.93. The molecule has 0 amide bonds. The molecule has 4 heteroatoms. The first-order valence-corrected chi connectivity index (χ1v) is 7.55. The summed E-state index contributed by atoms with van der Waals surface area (Å²) < 4.78 is 5.17. The van der Waals surface area contributed by atoms with E-state index in [1.165, 1.54) is 35.0 Å². The van der Waals surface area contributed by atoms with Crippen LogP contribution >= 0.6 is 0 Å². The molecule has 0 radical (unpaired) electrons. The maximum atomic E-state index is 5.17. The third-order valence-corrected chi connectivity index (χ3v) is 4.38. The summed E-state index contributed by atoms with van der Waals surface area (Å²) in [5.74, 6) is 0.507. The fraction of sp³-hybridized carbons (Fsp3) is 0.353. The average molecular weight is 281 g/mol. The lowest BCUT2D eigenvalue weighted by Crippen LogP contribution is -2.34. The van der Waals surface area contributed by atoms with Gasteiger partial charge in [0.25, 0.3) is 0 Å². The molecule has 0 aliphatic carbocycles. The standard InChI is InChI=1S/C17H19N3O/c1-2-15(11-20(8-1)10-13-5-9-21-12-13)17-16-14(3-6-18-16)4-7-19-17/h3-7,9,12,15,18H,1-2,8,10-11H2. The molecule has 0 bridgehead atoms. The normalized spacial score (nSPS) is 20.1. The van der Waals surface area contributed by atoms with Gasteiger partial charge in [-0.25, -0.2) is 0 Å². The summed E-state index contributed by atoms with van der Waals surface area (Å²) in [5.41, 5.74) is 3.67. The van der Waals surface area contributed by atoms with Gasteiger partial charge in [-0.2, -0.15) is 0 Å². The van der Waals surface area contributed by atoms with E-state index in [4.69, 9.17) is 4.42 Å². The number of pyridine rings is 1. The molecule has 4 rings (SSSR count). The topological polar surface area (TPSA) is 45.1 Å². The molecule has 0 aromatic carbocycles. The quantitative estimate of drug-likeness (QED) is 0.798. The van der Waals surface area contributed by atoms with E-state index in [9.17, 15) is 0 Å². The second kappa shape index (κ2) is 5.37. The Bertz CT molecular complexity index is 717. The molecule has 1 aliphatic rings. The molecule has 3 aromatic heterocycles. The number of fused-ring (bicyclic) bond motifs is 1. The van der Waals surface area contributed by atoms with Gasteiger partial charge in [-0.3, -0.25) is 9.88 Å². The van der Waals surface area contributed by atoms with Crippen LogP contribution in [0.5, 0.6) is 0 Å². The summed E-state index contributed by atoms with van der Waals surface area (Å²) in [5, 5.41) is 1.26. The molecule has 4 nitrogen and oxygen atoms in total. The third-order valence-electron chi connectivity index (χ3n) is 4.38. The van der Waals surface area contributed by atoms with Gasteiger partial charge in [0.15, 0.2) is 0 Å². The largest absolute Gasteiger partial charge is 0.472 e. The van der Waals surface area contributed by atoms with Crippen molar-refractivity contribution in [3.8, 4) is 0 Å². The van der Waals surface area contributed by atoms with Crippen LogP contribution in [-0.2, 0) is 6.54 Å². The molecule has 0 saturated carbocycles. The first-order chi connectivity index (χ1) is 10.4. The number of aromatic nitrogens is 2. The van der Waals surface area contributed by atoms with Crippen LogP contribution in [0, 0.1) is 0 Å². The first-order valence-electron chi connectivity index (χ1n) is 7.55. The van der Waals surface area contributed by atoms with Crippen molar-refractivity contribution in [3.05, 3.63) is 54.4 Å². The number of likely N-dealkylation sites (tertiary alicyclic amines) is 1. The fourth-order valence-electron chi connectivity index (χ4n) is 3.38. The Morgan fingerprint density at radius 3 is 3.24 bits per heavy atom. The second-order valence-electron chi connectivity index (χ2n) is 5.84. The average Bonchev–Trinajstić information content (AvgIpc) is 3.18. The van der Waals surface area contributed by atoms with Crippen LogP contribution in [0.4, 0.5) is 0 Å². The van der Waals surface area contributed by atoms with Crippen molar-refractivity contribution < 1.29 is 4.42 Å². The van der Waals surface area contributed by atoms with Crippen LogP contribution in [0.1, 0.15) is 30.0 Å². The number of rotatable bonds is 3. The zero-order valence-electron chi connectivity index (χ0n) is 12.0. The summed E-state index contributed by atoms with van der Waals surface area (Å²) in [6.45, 7) is 3.19. The van der Waals surface area contributed by atoms with Gasteiger partial charge >= 0.3 is 0 Å². The van der Waals surface area contributed by atoms with Crippen molar-refractivity contribution in [2.45, 2.75) is 25.3 Å². The Hall–Kier alpha value is -2.07. The van der Waals surface area contributed by atoms with E-state index in [2.05, 4.69) is 27.0 Å². The highest BCUT2D eigenvalue weighted by Crippen LogP contribution is 2.30. The Morgan fingerprint density at radius 2 is 2.33 bits per heavy atom. The van der Waals surface area contributed by atoms with E-state index in [1.807, 2.05) is 24.7 Å². The fourth-order valence-corrected chi connectivity index (χ4v) is 3.38. The minimum Gasteiger partial charge on any atom is -0.472 e. The Morgan fingerprint density at radius 1 is 1.33 bits per heavy atom. The molecule has 1 aliphatic heterocycles. The Balaban J connectivity index is 1.56. The molecule has 21 heavy (non-hydrogen) atoms. The maximum Gasteiger partial charge on any atom is 0.0947 e. The van der Waals surface area contributed by atoms with Gasteiger partial charge in [0, 0.05) is 42.4 Å². The third kappa shape index (κ3) is 2.47.